The van der Waals surface area contributed by atoms with Crippen molar-refractivity contribution in [1.82, 2.24) is 0 Å². The summed E-state index contributed by atoms with van der Waals surface area (Å²) >= 11 is 1.59. The van der Waals surface area contributed by atoms with Crippen LogP contribution in [-0.2, 0) is 0 Å². The number of carbonyl (C=O) groups excluding carboxylic acids is 1. The molecule has 70 valence electrons. The largest absolute Gasteiger partial charge is 0.461 e. The fraction of sp³-hybridized carbons (Fsp3) is 0. The van der Waals surface area contributed by atoms with Crippen molar-refractivity contribution in [2.75, 3.05) is 0 Å². The molecule has 0 spiro atoms. The molecule has 0 saturated heterocycles. The second-order valence-electron chi connectivity index (χ2n) is 2.69. The van der Waals surface area contributed by atoms with E-state index in [1.807, 2.05) is 17.5 Å². The average Bonchev–Trinajstić information content (AvgIpc) is 2.87. The number of furan rings is 1. The molecule has 0 amide bonds. The van der Waals surface area contributed by atoms with Crippen molar-refractivity contribution in [3.05, 3.63) is 52.6 Å². The van der Waals surface area contributed by atoms with Crippen LogP contribution in [0.25, 0.3) is 6.08 Å². The Labute approximate surface area is 85.5 Å². The van der Waals surface area contributed by atoms with Gasteiger partial charge in [0, 0.05) is 4.88 Å². The van der Waals surface area contributed by atoms with Gasteiger partial charge in [0.1, 0.15) is 0 Å². The molecular formula is C11H8O2S. The zero-order chi connectivity index (χ0) is 9.80. The molecule has 0 fully saturated rings. The third-order valence-electron chi connectivity index (χ3n) is 1.71. The van der Waals surface area contributed by atoms with Gasteiger partial charge in [-0.2, -0.15) is 0 Å². The van der Waals surface area contributed by atoms with Gasteiger partial charge in [-0.25, -0.2) is 0 Å². The Morgan fingerprint density at radius 1 is 1.36 bits per heavy atom. The molecular weight excluding hydrogens is 196 g/mol. The molecule has 0 aliphatic carbocycles. The molecule has 0 aliphatic heterocycles. The summed E-state index contributed by atoms with van der Waals surface area (Å²) in [6.45, 7) is 0. The van der Waals surface area contributed by atoms with Gasteiger partial charge in [-0.05, 0) is 35.7 Å². The summed E-state index contributed by atoms with van der Waals surface area (Å²) in [6, 6.07) is 7.26. The molecule has 3 heteroatoms. The fourth-order valence-electron chi connectivity index (χ4n) is 1.04. The van der Waals surface area contributed by atoms with E-state index >= 15 is 0 Å². The van der Waals surface area contributed by atoms with Crippen LogP contribution >= 0.6 is 11.3 Å². The molecule has 0 aliphatic rings. The van der Waals surface area contributed by atoms with Crippen LogP contribution in [-0.4, -0.2) is 5.78 Å². The van der Waals surface area contributed by atoms with Crippen molar-refractivity contribution in [2.24, 2.45) is 0 Å². The second kappa shape index (κ2) is 4.07. The molecule has 2 nitrogen and oxygen atoms in total. The Hall–Kier alpha value is -1.61. The highest BCUT2D eigenvalue weighted by Gasteiger charge is 2.03. The molecule has 2 heterocycles. The SMILES string of the molecule is O=C(/C=C\c1cccs1)c1ccco1. The predicted molar refractivity (Wildman–Crippen MR) is 56.4 cm³/mol. The molecule has 0 unspecified atom stereocenters. The van der Waals surface area contributed by atoms with Gasteiger partial charge in [-0.1, -0.05) is 6.07 Å². The lowest BCUT2D eigenvalue weighted by Crippen LogP contribution is -1.89. The van der Waals surface area contributed by atoms with Crippen molar-refractivity contribution in [1.29, 1.82) is 0 Å². The Kier molecular flexibility index (Phi) is 2.60. The zero-order valence-electron chi connectivity index (χ0n) is 7.34. The van der Waals surface area contributed by atoms with E-state index in [1.165, 1.54) is 12.3 Å². The van der Waals surface area contributed by atoms with Crippen LogP contribution in [0.15, 0.2) is 46.4 Å². The van der Waals surface area contributed by atoms with Crippen molar-refractivity contribution >= 4 is 23.2 Å². The average molecular weight is 204 g/mol. The van der Waals surface area contributed by atoms with Gasteiger partial charge in [0.15, 0.2) is 5.76 Å². The van der Waals surface area contributed by atoms with E-state index in [4.69, 9.17) is 4.42 Å². The summed E-state index contributed by atoms with van der Waals surface area (Å²) in [5.74, 6) is 0.265. The van der Waals surface area contributed by atoms with Gasteiger partial charge >= 0.3 is 0 Å². The Morgan fingerprint density at radius 3 is 2.93 bits per heavy atom. The Morgan fingerprint density at radius 2 is 2.29 bits per heavy atom. The number of carbonyl (C=O) groups is 1. The van der Waals surface area contributed by atoms with Crippen LogP contribution in [0, 0.1) is 0 Å². The van der Waals surface area contributed by atoms with Gasteiger partial charge in [-0.15, -0.1) is 11.3 Å². The lowest BCUT2D eigenvalue weighted by atomic mass is 10.2. The van der Waals surface area contributed by atoms with Gasteiger partial charge in [0.25, 0.3) is 0 Å². The minimum Gasteiger partial charge on any atom is -0.461 e. The summed E-state index contributed by atoms with van der Waals surface area (Å²) in [6.07, 6.45) is 4.80. The monoisotopic (exact) mass is 204 g/mol. The van der Waals surface area contributed by atoms with Crippen LogP contribution in [0.2, 0.25) is 0 Å². The van der Waals surface area contributed by atoms with Crippen LogP contribution in [0.3, 0.4) is 0 Å². The van der Waals surface area contributed by atoms with E-state index in [1.54, 1.807) is 29.5 Å². The molecule has 0 atom stereocenters. The van der Waals surface area contributed by atoms with Crippen molar-refractivity contribution in [3.8, 4) is 0 Å². The molecule has 0 N–H and O–H groups in total. The molecule has 0 radical (unpaired) electrons. The molecule has 2 aromatic heterocycles. The van der Waals surface area contributed by atoms with E-state index in [0.717, 1.165) is 4.88 Å². The molecule has 0 aromatic carbocycles. The second-order valence-corrected chi connectivity index (χ2v) is 3.67. The smallest absolute Gasteiger partial charge is 0.221 e. The van der Waals surface area contributed by atoms with Gasteiger partial charge in [0.2, 0.25) is 5.78 Å². The topological polar surface area (TPSA) is 30.2 Å². The number of thiophene rings is 1. The first-order valence-corrected chi connectivity index (χ1v) is 5.03. The first-order valence-electron chi connectivity index (χ1n) is 4.16. The highest BCUT2D eigenvalue weighted by molar-refractivity contribution is 7.10. The fourth-order valence-corrected chi connectivity index (χ4v) is 1.66. The third-order valence-corrected chi connectivity index (χ3v) is 2.54. The molecule has 0 saturated carbocycles. The van der Waals surface area contributed by atoms with Crippen LogP contribution < -0.4 is 0 Å². The molecule has 2 rings (SSSR count). The number of rotatable bonds is 3. The zero-order valence-corrected chi connectivity index (χ0v) is 8.16. The number of hydrogen-bond donors (Lipinski definition) is 0. The first kappa shape index (κ1) is 8.97. The maximum atomic E-state index is 11.4. The van der Waals surface area contributed by atoms with E-state index in [2.05, 4.69) is 0 Å². The highest BCUT2D eigenvalue weighted by Crippen LogP contribution is 2.11. The van der Waals surface area contributed by atoms with E-state index in [-0.39, 0.29) is 5.78 Å². The van der Waals surface area contributed by atoms with E-state index < -0.39 is 0 Å². The maximum absolute atomic E-state index is 11.4. The summed E-state index contributed by atoms with van der Waals surface area (Å²) < 4.78 is 4.97. The standard InChI is InChI=1S/C11H8O2S/c12-10(11-4-1-7-13-11)6-5-9-3-2-8-14-9/h1-8H/b6-5-. The van der Waals surface area contributed by atoms with Gasteiger partial charge < -0.3 is 4.42 Å². The Balaban J connectivity index is 2.09. The highest BCUT2D eigenvalue weighted by atomic mass is 32.1. The lowest BCUT2D eigenvalue weighted by Gasteiger charge is -1.86. The summed E-state index contributed by atoms with van der Waals surface area (Å²) in [7, 11) is 0. The number of ketones is 1. The van der Waals surface area contributed by atoms with Crippen molar-refractivity contribution < 1.29 is 9.21 Å². The molecule has 14 heavy (non-hydrogen) atoms. The summed E-state index contributed by atoms with van der Waals surface area (Å²) in [4.78, 5) is 12.5. The first-order chi connectivity index (χ1) is 6.86. The predicted octanol–water partition coefficient (Wildman–Crippen LogP) is 3.24. The Bertz CT molecular complexity index is 424. The van der Waals surface area contributed by atoms with Gasteiger partial charge in [0.05, 0.1) is 6.26 Å². The summed E-state index contributed by atoms with van der Waals surface area (Å²) in [5, 5.41) is 1.97. The van der Waals surface area contributed by atoms with E-state index in [0.29, 0.717) is 5.76 Å². The van der Waals surface area contributed by atoms with Crippen molar-refractivity contribution in [2.45, 2.75) is 0 Å². The maximum Gasteiger partial charge on any atom is 0.221 e. The van der Waals surface area contributed by atoms with Gasteiger partial charge in [-0.3, -0.25) is 4.79 Å². The minimum atomic E-state index is -0.108. The van der Waals surface area contributed by atoms with Crippen LogP contribution in [0.4, 0.5) is 0 Å². The molecule has 0 bridgehead atoms. The summed E-state index contributed by atoms with van der Waals surface area (Å²) in [5.41, 5.74) is 0. The normalized spacial score (nSPS) is 10.9. The number of allylic oxidation sites excluding steroid dienone is 1. The lowest BCUT2D eigenvalue weighted by molar-refractivity contribution is 0.102. The third kappa shape index (κ3) is 2.00. The molecule has 2 aromatic rings. The van der Waals surface area contributed by atoms with Crippen LogP contribution in [0.5, 0.6) is 0 Å². The van der Waals surface area contributed by atoms with Crippen LogP contribution in [0.1, 0.15) is 15.4 Å². The number of hydrogen-bond acceptors (Lipinski definition) is 3. The quantitative estimate of drug-likeness (QED) is 0.567. The van der Waals surface area contributed by atoms with Crippen molar-refractivity contribution in [3.63, 3.8) is 0 Å². The minimum absolute atomic E-state index is 0.108. The van der Waals surface area contributed by atoms with E-state index in [9.17, 15) is 4.79 Å².